The summed E-state index contributed by atoms with van der Waals surface area (Å²) in [6.07, 6.45) is 2.71. The molecule has 4 N–H and O–H groups in total. The summed E-state index contributed by atoms with van der Waals surface area (Å²) in [5.74, 6) is 5.71. The summed E-state index contributed by atoms with van der Waals surface area (Å²) in [5, 5.41) is 0. The zero-order valence-electron chi connectivity index (χ0n) is 11.9. The second kappa shape index (κ2) is 6.11. The minimum Gasteiger partial charge on any atom is -0.323 e. The first-order valence-corrected chi connectivity index (χ1v) is 7.96. The molecule has 0 fully saturated rings. The Morgan fingerprint density at radius 3 is 2.38 bits per heavy atom. The van der Waals surface area contributed by atoms with E-state index in [1.54, 1.807) is 12.1 Å². The van der Waals surface area contributed by atoms with Gasteiger partial charge >= 0.3 is 0 Å². The Balaban J connectivity index is 2.29. The second-order valence-corrected chi connectivity index (χ2v) is 6.55. The first kappa shape index (κ1) is 15.3. The fourth-order valence-electron chi connectivity index (χ4n) is 1.86. The molecule has 0 spiro atoms. The Bertz CT molecular complexity index is 712. The lowest BCUT2D eigenvalue weighted by molar-refractivity contribution is 0.601. The molecule has 1 aromatic heterocycles. The van der Waals surface area contributed by atoms with Gasteiger partial charge in [0.2, 0.25) is 0 Å². The average molecular weight is 306 g/mol. The highest BCUT2D eigenvalue weighted by atomic mass is 32.2. The SMILES string of the molecule is CC(C)c1ccc(NS(=O)(=O)c2cnccc2NN)cc1. The molecule has 0 aliphatic rings. The predicted molar refractivity (Wildman–Crippen MR) is 83.4 cm³/mol. The smallest absolute Gasteiger partial charge is 0.265 e. The van der Waals surface area contributed by atoms with Crippen LogP contribution in [0.1, 0.15) is 25.3 Å². The first-order valence-electron chi connectivity index (χ1n) is 6.47. The number of benzene rings is 1. The summed E-state index contributed by atoms with van der Waals surface area (Å²) >= 11 is 0. The van der Waals surface area contributed by atoms with E-state index in [2.05, 4.69) is 29.0 Å². The Kier molecular flexibility index (Phi) is 4.44. The molecule has 0 saturated carbocycles. The van der Waals surface area contributed by atoms with E-state index in [-0.39, 0.29) is 10.6 Å². The normalized spacial score (nSPS) is 11.4. The molecule has 0 bridgehead atoms. The molecule has 2 aromatic rings. The Labute approximate surface area is 124 Å². The third-order valence-corrected chi connectivity index (χ3v) is 4.47. The molecule has 0 atom stereocenters. The monoisotopic (exact) mass is 306 g/mol. The molecular weight excluding hydrogens is 288 g/mol. The second-order valence-electron chi connectivity index (χ2n) is 4.90. The number of aromatic nitrogens is 1. The number of nitrogen functional groups attached to an aromatic ring is 1. The van der Waals surface area contributed by atoms with Crippen LogP contribution in [0.2, 0.25) is 0 Å². The van der Waals surface area contributed by atoms with Crippen LogP contribution in [0, 0.1) is 0 Å². The minimum absolute atomic E-state index is 0.000404. The number of hydrazine groups is 1. The zero-order valence-corrected chi connectivity index (χ0v) is 12.7. The molecule has 0 amide bonds. The average Bonchev–Trinajstić information content (AvgIpc) is 2.47. The molecule has 21 heavy (non-hydrogen) atoms. The van der Waals surface area contributed by atoms with Gasteiger partial charge in [0.15, 0.2) is 0 Å². The highest BCUT2D eigenvalue weighted by molar-refractivity contribution is 7.92. The van der Waals surface area contributed by atoms with Crippen molar-refractivity contribution in [2.45, 2.75) is 24.7 Å². The predicted octanol–water partition coefficient (Wildman–Crippen LogP) is 2.29. The van der Waals surface area contributed by atoms with Gasteiger partial charge in [0.1, 0.15) is 4.90 Å². The van der Waals surface area contributed by atoms with Crippen LogP contribution in [-0.2, 0) is 10.0 Å². The van der Waals surface area contributed by atoms with Gasteiger partial charge in [-0.3, -0.25) is 15.5 Å². The molecule has 1 aromatic carbocycles. The van der Waals surface area contributed by atoms with Crippen molar-refractivity contribution in [1.82, 2.24) is 4.98 Å². The van der Waals surface area contributed by atoms with E-state index in [0.717, 1.165) is 5.56 Å². The van der Waals surface area contributed by atoms with Crippen LogP contribution >= 0.6 is 0 Å². The molecule has 112 valence electrons. The molecule has 0 aliphatic carbocycles. The van der Waals surface area contributed by atoms with Crippen molar-refractivity contribution in [2.24, 2.45) is 5.84 Å². The number of anilines is 2. The molecule has 0 saturated heterocycles. The first-order chi connectivity index (χ1) is 9.94. The highest BCUT2D eigenvalue weighted by Crippen LogP contribution is 2.23. The van der Waals surface area contributed by atoms with Crippen LogP contribution in [0.4, 0.5) is 11.4 Å². The standard InChI is InChI=1S/C14H18N4O2S/c1-10(2)11-3-5-12(6-4-11)18-21(19,20)14-9-16-8-7-13(14)17-15/h3-10,18H,15H2,1-2H3,(H,16,17). The van der Waals surface area contributed by atoms with E-state index in [0.29, 0.717) is 11.6 Å². The van der Waals surface area contributed by atoms with E-state index in [1.807, 2.05) is 12.1 Å². The number of pyridine rings is 1. The van der Waals surface area contributed by atoms with E-state index >= 15 is 0 Å². The van der Waals surface area contributed by atoms with E-state index in [9.17, 15) is 8.42 Å². The van der Waals surface area contributed by atoms with Crippen LogP contribution in [0.3, 0.4) is 0 Å². The Hall–Kier alpha value is -2.12. The largest absolute Gasteiger partial charge is 0.323 e. The van der Waals surface area contributed by atoms with Gasteiger partial charge in [0.25, 0.3) is 10.0 Å². The number of hydrogen-bond donors (Lipinski definition) is 3. The maximum atomic E-state index is 12.4. The molecule has 0 radical (unpaired) electrons. The van der Waals surface area contributed by atoms with E-state index in [1.165, 1.54) is 18.5 Å². The number of nitrogens with zero attached hydrogens (tertiary/aromatic N) is 1. The van der Waals surface area contributed by atoms with Gasteiger partial charge in [-0.05, 0) is 29.7 Å². The summed E-state index contributed by atoms with van der Waals surface area (Å²) < 4.78 is 27.2. The fraction of sp³-hybridized carbons (Fsp3) is 0.214. The van der Waals surface area contributed by atoms with Crippen molar-refractivity contribution in [2.75, 3.05) is 10.1 Å². The van der Waals surface area contributed by atoms with Crippen molar-refractivity contribution in [3.63, 3.8) is 0 Å². The van der Waals surface area contributed by atoms with E-state index < -0.39 is 10.0 Å². The molecule has 1 heterocycles. The Morgan fingerprint density at radius 2 is 1.81 bits per heavy atom. The maximum absolute atomic E-state index is 12.4. The van der Waals surface area contributed by atoms with Crippen molar-refractivity contribution >= 4 is 21.4 Å². The van der Waals surface area contributed by atoms with Gasteiger partial charge < -0.3 is 5.43 Å². The number of rotatable bonds is 5. The number of nitrogens with one attached hydrogen (secondary N) is 2. The number of sulfonamides is 1. The summed E-state index contributed by atoms with van der Waals surface area (Å²) in [6, 6.07) is 8.76. The minimum atomic E-state index is -3.74. The van der Waals surface area contributed by atoms with Gasteiger partial charge in [-0.25, -0.2) is 8.42 Å². The zero-order chi connectivity index (χ0) is 15.5. The van der Waals surface area contributed by atoms with Crippen molar-refractivity contribution in [1.29, 1.82) is 0 Å². The van der Waals surface area contributed by atoms with Gasteiger partial charge in [-0.15, -0.1) is 0 Å². The third kappa shape index (κ3) is 3.50. The summed E-state index contributed by atoms with van der Waals surface area (Å²) in [6.45, 7) is 4.15. The fourth-order valence-corrected chi connectivity index (χ4v) is 3.03. The lowest BCUT2D eigenvalue weighted by Crippen LogP contribution is -2.17. The van der Waals surface area contributed by atoms with Crippen LogP contribution in [-0.4, -0.2) is 13.4 Å². The molecule has 2 rings (SSSR count). The molecule has 0 unspecified atom stereocenters. The van der Waals surface area contributed by atoms with Gasteiger partial charge in [0.05, 0.1) is 5.69 Å². The maximum Gasteiger partial charge on any atom is 0.265 e. The van der Waals surface area contributed by atoms with Gasteiger partial charge in [-0.1, -0.05) is 26.0 Å². The quantitative estimate of drug-likeness (QED) is 0.581. The lowest BCUT2D eigenvalue weighted by Gasteiger charge is -2.12. The molecule has 0 aliphatic heterocycles. The Morgan fingerprint density at radius 1 is 1.14 bits per heavy atom. The lowest BCUT2D eigenvalue weighted by atomic mass is 10.0. The molecule has 7 heteroatoms. The summed E-state index contributed by atoms with van der Waals surface area (Å²) in [4.78, 5) is 3.82. The van der Waals surface area contributed by atoms with Crippen LogP contribution < -0.4 is 16.0 Å². The molecular formula is C14H18N4O2S. The summed E-state index contributed by atoms with van der Waals surface area (Å²) in [7, 11) is -3.74. The molecule has 6 nitrogen and oxygen atoms in total. The topological polar surface area (TPSA) is 97.1 Å². The highest BCUT2D eigenvalue weighted by Gasteiger charge is 2.18. The van der Waals surface area contributed by atoms with Crippen molar-refractivity contribution in [3.05, 3.63) is 48.3 Å². The van der Waals surface area contributed by atoms with Crippen LogP contribution in [0.5, 0.6) is 0 Å². The number of nitrogens with two attached hydrogens (primary N) is 1. The summed E-state index contributed by atoms with van der Waals surface area (Å²) in [5.41, 5.74) is 4.27. The van der Waals surface area contributed by atoms with Crippen LogP contribution in [0.25, 0.3) is 0 Å². The van der Waals surface area contributed by atoms with E-state index in [4.69, 9.17) is 5.84 Å². The third-order valence-electron chi connectivity index (χ3n) is 3.06. The van der Waals surface area contributed by atoms with Crippen molar-refractivity contribution < 1.29 is 8.42 Å². The van der Waals surface area contributed by atoms with Gasteiger partial charge in [0, 0.05) is 18.1 Å². The van der Waals surface area contributed by atoms with Crippen LogP contribution in [0.15, 0.2) is 47.6 Å². The van der Waals surface area contributed by atoms with Crippen molar-refractivity contribution in [3.8, 4) is 0 Å². The number of hydrogen-bond acceptors (Lipinski definition) is 5. The van der Waals surface area contributed by atoms with Gasteiger partial charge in [-0.2, -0.15) is 0 Å².